The van der Waals surface area contributed by atoms with Gasteiger partial charge in [-0.3, -0.25) is 9.59 Å². The van der Waals surface area contributed by atoms with E-state index in [0.717, 1.165) is 28.4 Å². The molecule has 2 aliphatic rings. The molecule has 0 bridgehead atoms. The Hall–Kier alpha value is -2.96. The van der Waals surface area contributed by atoms with Crippen LogP contribution in [0.15, 0.2) is 30.5 Å². The smallest absolute Gasteiger partial charge is 0.228 e. The molecule has 7 heteroatoms. The summed E-state index contributed by atoms with van der Waals surface area (Å²) in [6, 6.07) is 7.82. The SMILES string of the molecule is COc1ccc(Cc2ncc3c(n2)CN(C(=O)[C@@H]2CNC(=O)C2)C3)cc1. The molecule has 2 aromatic rings. The predicted octanol–water partition coefficient (Wildman–Crippen LogP) is 1.05. The second-order valence-electron chi connectivity index (χ2n) is 6.68. The minimum atomic E-state index is -0.261. The van der Waals surface area contributed by atoms with Crippen molar-refractivity contribution in [2.24, 2.45) is 5.92 Å². The Balaban J connectivity index is 1.44. The number of hydrogen-bond acceptors (Lipinski definition) is 5. The number of aromatic nitrogens is 2. The van der Waals surface area contributed by atoms with Crippen LogP contribution >= 0.6 is 0 Å². The zero-order valence-electron chi connectivity index (χ0n) is 14.6. The summed E-state index contributed by atoms with van der Waals surface area (Å²) in [5, 5.41) is 2.72. The highest BCUT2D eigenvalue weighted by molar-refractivity contribution is 5.89. The number of benzene rings is 1. The fraction of sp³-hybridized carbons (Fsp3) is 0.368. The van der Waals surface area contributed by atoms with Gasteiger partial charge in [-0.1, -0.05) is 12.1 Å². The summed E-state index contributed by atoms with van der Waals surface area (Å²) in [4.78, 5) is 34.8. The lowest BCUT2D eigenvalue weighted by molar-refractivity contribution is -0.136. The molecule has 0 saturated carbocycles. The largest absolute Gasteiger partial charge is 0.497 e. The lowest BCUT2D eigenvalue weighted by atomic mass is 10.1. The first-order valence-electron chi connectivity index (χ1n) is 8.64. The predicted molar refractivity (Wildman–Crippen MR) is 93.2 cm³/mol. The van der Waals surface area contributed by atoms with Crippen LogP contribution in [0.5, 0.6) is 5.75 Å². The second kappa shape index (κ2) is 6.74. The first-order chi connectivity index (χ1) is 12.6. The highest BCUT2D eigenvalue weighted by Gasteiger charge is 2.34. The Morgan fingerprint density at radius 3 is 2.81 bits per heavy atom. The van der Waals surface area contributed by atoms with E-state index in [4.69, 9.17) is 4.74 Å². The van der Waals surface area contributed by atoms with Crippen LogP contribution in [0, 0.1) is 5.92 Å². The van der Waals surface area contributed by atoms with E-state index in [9.17, 15) is 9.59 Å². The van der Waals surface area contributed by atoms with E-state index in [2.05, 4.69) is 15.3 Å². The second-order valence-corrected chi connectivity index (χ2v) is 6.68. The van der Waals surface area contributed by atoms with Gasteiger partial charge in [0, 0.05) is 37.7 Å². The van der Waals surface area contributed by atoms with Gasteiger partial charge in [-0.2, -0.15) is 0 Å². The van der Waals surface area contributed by atoms with Gasteiger partial charge in [-0.25, -0.2) is 9.97 Å². The van der Waals surface area contributed by atoms with Crippen molar-refractivity contribution in [3.05, 3.63) is 53.1 Å². The van der Waals surface area contributed by atoms with Crippen molar-refractivity contribution in [1.29, 1.82) is 0 Å². The molecule has 1 saturated heterocycles. The third kappa shape index (κ3) is 3.24. The number of carbonyl (C=O) groups is 2. The molecule has 4 rings (SSSR count). The number of methoxy groups -OCH3 is 1. The van der Waals surface area contributed by atoms with Crippen LogP contribution in [0.2, 0.25) is 0 Å². The number of nitrogens with zero attached hydrogens (tertiary/aromatic N) is 3. The van der Waals surface area contributed by atoms with Crippen LogP contribution < -0.4 is 10.1 Å². The van der Waals surface area contributed by atoms with Gasteiger partial charge < -0.3 is 15.0 Å². The molecule has 1 aromatic carbocycles. The summed E-state index contributed by atoms with van der Waals surface area (Å²) in [6.07, 6.45) is 2.72. The maximum absolute atomic E-state index is 12.6. The number of amides is 2. The van der Waals surface area contributed by atoms with E-state index in [1.165, 1.54) is 0 Å². The van der Waals surface area contributed by atoms with Crippen molar-refractivity contribution in [3.8, 4) is 5.75 Å². The fourth-order valence-corrected chi connectivity index (χ4v) is 3.40. The molecule has 1 aromatic heterocycles. The van der Waals surface area contributed by atoms with Crippen molar-refractivity contribution in [3.63, 3.8) is 0 Å². The fourth-order valence-electron chi connectivity index (χ4n) is 3.40. The molecule has 0 unspecified atom stereocenters. The Morgan fingerprint density at radius 1 is 1.31 bits per heavy atom. The summed E-state index contributed by atoms with van der Waals surface area (Å²) >= 11 is 0. The summed E-state index contributed by atoms with van der Waals surface area (Å²) in [7, 11) is 1.64. The van der Waals surface area contributed by atoms with Crippen molar-refractivity contribution in [2.45, 2.75) is 25.9 Å². The molecule has 2 aliphatic heterocycles. The van der Waals surface area contributed by atoms with Crippen LogP contribution in [0.25, 0.3) is 0 Å². The molecular formula is C19H20N4O3. The minimum absolute atomic E-state index is 0.0121. The van der Waals surface area contributed by atoms with E-state index >= 15 is 0 Å². The summed E-state index contributed by atoms with van der Waals surface area (Å²) in [6.45, 7) is 1.43. The van der Waals surface area contributed by atoms with Gasteiger partial charge in [0.15, 0.2) is 0 Å². The van der Waals surface area contributed by atoms with Gasteiger partial charge in [0.25, 0.3) is 0 Å². The average molecular weight is 352 g/mol. The van der Waals surface area contributed by atoms with Crippen LogP contribution in [-0.4, -0.2) is 40.3 Å². The van der Waals surface area contributed by atoms with Gasteiger partial charge in [-0.15, -0.1) is 0 Å². The van der Waals surface area contributed by atoms with E-state index in [-0.39, 0.29) is 24.2 Å². The van der Waals surface area contributed by atoms with E-state index in [0.29, 0.717) is 26.1 Å². The molecule has 1 atom stereocenters. The molecule has 7 nitrogen and oxygen atoms in total. The number of rotatable bonds is 4. The third-order valence-electron chi connectivity index (χ3n) is 4.87. The number of carbonyl (C=O) groups excluding carboxylic acids is 2. The molecular weight excluding hydrogens is 332 g/mol. The van der Waals surface area contributed by atoms with E-state index < -0.39 is 0 Å². The van der Waals surface area contributed by atoms with E-state index in [1.807, 2.05) is 30.5 Å². The molecule has 134 valence electrons. The molecule has 1 N–H and O–H groups in total. The minimum Gasteiger partial charge on any atom is -0.497 e. The lowest BCUT2D eigenvalue weighted by Crippen LogP contribution is -2.33. The zero-order chi connectivity index (χ0) is 18.1. The Morgan fingerprint density at radius 2 is 2.12 bits per heavy atom. The van der Waals surface area contributed by atoms with Crippen molar-refractivity contribution < 1.29 is 14.3 Å². The highest BCUT2D eigenvalue weighted by Crippen LogP contribution is 2.24. The van der Waals surface area contributed by atoms with Crippen LogP contribution in [-0.2, 0) is 29.1 Å². The molecule has 26 heavy (non-hydrogen) atoms. The molecule has 2 amide bonds. The maximum atomic E-state index is 12.6. The van der Waals surface area contributed by atoms with Crippen molar-refractivity contribution in [1.82, 2.24) is 20.2 Å². The van der Waals surface area contributed by atoms with E-state index in [1.54, 1.807) is 12.0 Å². The van der Waals surface area contributed by atoms with Crippen LogP contribution in [0.4, 0.5) is 0 Å². The Kier molecular flexibility index (Phi) is 4.28. The van der Waals surface area contributed by atoms with Gasteiger partial charge in [0.1, 0.15) is 11.6 Å². The Labute approximate surface area is 151 Å². The third-order valence-corrected chi connectivity index (χ3v) is 4.87. The first kappa shape index (κ1) is 16.5. The van der Waals surface area contributed by atoms with Crippen LogP contribution in [0.1, 0.15) is 29.1 Å². The topological polar surface area (TPSA) is 84.4 Å². The number of nitrogens with one attached hydrogen (secondary N) is 1. The number of fused-ring (bicyclic) bond motifs is 1. The monoisotopic (exact) mass is 352 g/mol. The summed E-state index contributed by atoms with van der Waals surface area (Å²) in [5.41, 5.74) is 2.98. The molecule has 0 aliphatic carbocycles. The number of hydrogen-bond donors (Lipinski definition) is 1. The maximum Gasteiger partial charge on any atom is 0.228 e. The summed E-state index contributed by atoms with van der Waals surface area (Å²) in [5.74, 6) is 1.25. The first-order valence-corrected chi connectivity index (χ1v) is 8.64. The zero-order valence-corrected chi connectivity index (χ0v) is 14.6. The van der Waals surface area contributed by atoms with Gasteiger partial charge in [0.2, 0.25) is 11.8 Å². The molecule has 1 fully saturated rings. The summed E-state index contributed by atoms with van der Waals surface area (Å²) < 4.78 is 5.17. The number of ether oxygens (including phenoxy) is 1. The van der Waals surface area contributed by atoms with Crippen LogP contribution in [0.3, 0.4) is 0 Å². The Bertz CT molecular complexity index is 850. The van der Waals surface area contributed by atoms with Crippen molar-refractivity contribution >= 4 is 11.8 Å². The highest BCUT2D eigenvalue weighted by atomic mass is 16.5. The van der Waals surface area contributed by atoms with Gasteiger partial charge in [0.05, 0.1) is 25.3 Å². The molecule has 3 heterocycles. The van der Waals surface area contributed by atoms with Gasteiger partial charge in [-0.05, 0) is 17.7 Å². The van der Waals surface area contributed by atoms with Gasteiger partial charge >= 0.3 is 0 Å². The van der Waals surface area contributed by atoms with Crippen molar-refractivity contribution in [2.75, 3.05) is 13.7 Å². The normalized spacial score (nSPS) is 18.6. The average Bonchev–Trinajstić information content (AvgIpc) is 3.27. The lowest BCUT2D eigenvalue weighted by Gasteiger charge is -2.18. The molecule has 0 spiro atoms. The quantitative estimate of drug-likeness (QED) is 0.889. The molecule has 0 radical (unpaired) electrons. The standard InChI is InChI=1S/C19H20N4O3/c1-26-15-4-2-12(3-5-15)6-17-20-9-14-10-23(11-16(14)22-17)19(25)13-7-18(24)21-8-13/h2-5,9,13H,6-8,10-11H2,1H3,(H,21,24)/t13-/m0/s1.